The van der Waals surface area contributed by atoms with Crippen LogP contribution in [0, 0.1) is 0 Å². The Labute approximate surface area is 198 Å². The second-order valence-corrected chi connectivity index (χ2v) is 8.68. The smallest absolute Gasteiger partial charge is 0.293 e. The molecule has 8 nitrogen and oxygen atoms in total. The summed E-state index contributed by atoms with van der Waals surface area (Å²) in [4.78, 5) is 63.7. The Morgan fingerprint density at radius 3 is 2.48 bits per heavy atom. The lowest BCUT2D eigenvalue weighted by Gasteiger charge is -2.15. The van der Waals surface area contributed by atoms with Gasteiger partial charge >= 0.3 is 0 Å². The van der Waals surface area contributed by atoms with Crippen LogP contribution in [0.3, 0.4) is 0 Å². The molecular weight excluding hydrogens is 466 g/mol. The molecule has 2 aromatic rings. The second kappa shape index (κ2) is 9.60. The van der Waals surface area contributed by atoms with Gasteiger partial charge < -0.3 is 5.32 Å². The van der Waals surface area contributed by atoms with Gasteiger partial charge in [-0.2, -0.15) is 0 Å². The lowest BCUT2D eigenvalue weighted by atomic mass is 10.1. The zero-order valence-corrected chi connectivity index (χ0v) is 18.8. The first kappa shape index (κ1) is 22.8. The molecule has 2 aromatic carbocycles. The molecule has 0 aliphatic carbocycles. The molecule has 2 saturated heterocycles. The molecule has 4 rings (SSSR count). The SMILES string of the molecule is O=C(NCCN1C(=O)SC(=Cc2ccccc2Cl)C1=O)c1cccc(N2C(=O)CCC2=O)c1. The Balaban J connectivity index is 1.37. The first-order chi connectivity index (χ1) is 15.8. The lowest BCUT2D eigenvalue weighted by molar-refractivity contribution is -0.123. The van der Waals surface area contributed by atoms with Crippen molar-refractivity contribution in [3.05, 3.63) is 69.6 Å². The van der Waals surface area contributed by atoms with Gasteiger partial charge in [-0.15, -0.1) is 0 Å². The van der Waals surface area contributed by atoms with Crippen molar-refractivity contribution in [1.82, 2.24) is 10.2 Å². The summed E-state index contributed by atoms with van der Waals surface area (Å²) in [5, 5.41) is 2.70. The van der Waals surface area contributed by atoms with Crippen LogP contribution in [-0.4, -0.2) is 46.9 Å². The maximum Gasteiger partial charge on any atom is 0.293 e. The second-order valence-electron chi connectivity index (χ2n) is 7.28. The number of anilines is 1. The van der Waals surface area contributed by atoms with Crippen LogP contribution in [0.15, 0.2) is 53.4 Å². The molecule has 0 saturated carbocycles. The zero-order valence-electron chi connectivity index (χ0n) is 17.2. The lowest BCUT2D eigenvalue weighted by Crippen LogP contribution is -2.37. The minimum absolute atomic E-state index is 0.000936. The molecular formula is C23H18ClN3O5S. The van der Waals surface area contributed by atoms with Crippen molar-refractivity contribution in [3.8, 4) is 0 Å². The summed E-state index contributed by atoms with van der Waals surface area (Å²) in [6.07, 6.45) is 1.87. The maximum absolute atomic E-state index is 12.6. The monoisotopic (exact) mass is 483 g/mol. The van der Waals surface area contributed by atoms with Crippen molar-refractivity contribution in [2.75, 3.05) is 18.0 Å². The number of thioether (sulfide) groups is 1. The third kappa shape index (κ3) is 4.84. The summed E-state index contributed by atoms with van der Waals surface area (Å²) in [6.45, 7) is 0.0428. The number of imide groups is 2. The Hall–Kier alpha value is -3.43. The Bertz CT molecular complexity index is 1200. The van der Waals surface area contributed by atoms with Gasteiger partial charge in [0, 0.05) is 36.5 Å². The average molecular weight is 484 g/mol. The van der Waals surface area contributed by atoms with E-state index in [0.717, 1.165) is 21.6 Å². The number of carbonyl (C=O) groups excluding carboxylic acids is 5. The van der Waals surface area contributed by atoms with Crippen molar-refractivity contribution < 1.29 is 24.0 Å². The van der Waals surface area contributed by atoms with Crippen molar-refractivity contribution >= 4 is 64.0 Å². The number of hydrogen-bond acceptors (Lipinski definition) is 6. The van der Waals surface area contributed by atoms with E-state index in [4.69, 9.17) is 11.6 Å². The quantitative estimate of drug-likeness (QED) is 0.498. The van der Waals surface area contributed by atoms with Crippen molar-refractivity contribution in [2.24, 2.45) is 0 Å². The van der Waals surface area contributed by atoms with Gasteiger partial charge in [-0.05, 0) is 47.7 Å². The fourth-order valence-corrected chi connectivity index (χ4v) is 4.51. The number of amides is 5. The topological polar surface area (TPSA) is 104 Å². The number of halogens is 1. The van der Waals surface area contributed by atoms with E-state index in [0.29, 0.717) is 16.3 Å². The van der Waals surface area contributed by atoms with Crippen LogP contribution >= 0.6 is 23.4 Å². The van der Waals surface area contributed by atoms with Crippen LogP contribution in [0.4, 0.5) is 10.5 Å². The summed E-state index contributed by atoms with van der Waals surface area (Å²) >= 11 is 6.93. The summed E-state index contributed by atoms with van der Waals surface area (Å²) in [5.74, 6) is -1.51. The van der Waals surface area contributed by atoms with E-state index >= 15 is 0 Å². The number of carbonyl (C=O) groups is 5. The van der Waals surface area contributed by atoms with Crippen LogP contribution < -0.4 is 10.2 Å². The Morgan fingerprint density at radius 2 is 1.76 bits per heavy atom. The number of rotatable bonds is 6. The van der Waals surface area contributed by atoms with E-state index in [1.807, 2.05) is 0 Å². The highest BCUT2D eigenvalue weighted by Gasteiger charge is 2.35. The van der Waals surface area contributed by atoms with Gasteiger partial charge in [-0.1, -0.05) is 35.9 Å². The Morgan fingerprint density at radius 1 is 1.03 bits per heavy atom. The molecule has 0 unspecified atom stereocenters. The summed E-state index contributed by atoms with van der Waals surface area (Å²) in [5.41, 5.74) is 1.23. The highest BCUT2D eigenvalue weighted by atomic mass is 35.5. The predicted molar refractivity (Wildman–Crippen MR) is 125 cm³/mol. The number of benzene rings is 2. The highest BCUT2D eigenvalue weighted by Crippen LogP contribution is 2.33. The maximum atomic E-state index is 12.6. The van der Waals surface area contributed by atoms with E-state index in [9.17, 15) is 24.0 Å². The van der Waals surface area contributed by atoms with Crippen molar-refractivity contribution in [2.45, 2.75) is 12.8 Å². The Kier molecular flexibility index (Phi) is 6.62. The number of nitrogens with one attached hydrogen (secondary N) is 1. The number of nitrogens with zero attached hydrogens (tertiary/aromatic N) is 2. The molecule has 0 atom stereocenters. The van der Waals surface area contributed by atoms with Crippen LogP contribution in [0.5, 0.6) is 0 Å². The van der Waals surface area contributed by atoms with Gasteiger partial charge in [0.25, 0.3) is 17.1 Å². The van der Waals surface area contributed by atoms with E-state index in [1.54, 1.807) is 48.5 Å². The number of hydrogen-bond donors (Lipinski definition) is 1. The van der Waals surface area contributed by atoms with Gasteiger partial charge in [-0.3, -0.25) is 33.8 Å². The van der Waals surface area contributed by atoms with Crippen LogP contribution in [0.25, 0.3) is 6.08 Å². The summed E-state index contributed by atoms with van der Waals surface area (Å²) in [7, 11) is 0. The fourth-order valence-electron chi connectivity index (χ4n) is 3.46. The molecule has 0 radical (unpaired) electrons. The minimum Gasteiger partial charge on any atom is -0.350 e. The normalized spacial score (nSPS) is 17.4. The van der Waals surface area contributed by atoms with Gasteiger partial charge in [-0.25, -0.2) is 0 Å². The fraction of sp³-hybridized carbons (Fsp3) is 0.174. The summed E-state index contributed by atoms with van der Waals surface area (Å²) in [6, 6.07) is 13.2. The molecule has 168 valence electrons. The minimum atomic E-state index is -0.452. The zero-order chi connectivity index (χ0) is 23.5. The van der Waals surface area contributed by atoms with Crippen LogP contribution in [0.2, 0.25) is 5.02 Å². The van der Waals surface area contributed by atoms with Gasteiger partial charge in [0.15, 0.2) is 0 Å². The molecule has 2 fully saturated rings. The molecule has 5 amide bonds. The summed E-state index contributed by atoms with van der Waals surface area (Å²) < 4.78 is 0. The van der Waals surface area contributed by atoms with Crippen LogP contribution in [-0.2, 0) is 14.4 Å². The molecule has 2 heterocycles. The molecule has 0 aromatic heterocycles. The highest BCUT2D eigenvalue weighted by molar-refractivity contribution is 8.18. The molecule has 2 aliphatic heterocycles. The molecule has 2 aliphatic rings. The predicted octanol–water partition coefficient (Wildman–Crippen LogP) is 3.46. The average Bonchev–Trinajstić information content (AvgIpc) is 3.27. The molecule has 0 bridgehead atoms. The third-order valence-electron chi connectivity index (χ3n) is 5.10. The first-order valence-electron chi connectivity index (χ1n) is 10.1. The van der Waals surface area contributed by atoms with E-state index in [1.165, 1.54) is 6.07 Å². The van der Waals surface area contributed by atoms with Crippen LogP contribution in [0.1, 0.15) is 28.8 Å². The van der Waals surface area contributed by atoms with Crippen molar-refractivity contribution in [1.29, 1.82) is 0 Å². The van der Waals surface area contributed by atoms with Gasteiger partial charge in [0.05, 0.1) is 10.6 Å². The first-order valence-corrected chi connectivity index (χ1v) is 11.3. The van der Waals surface area contributed by atoms with Gasteiger partial charge in [0.1, 0.15) is 0 Å². The van der Waals surface area contributed by atoms with E-state index < -0.39 is 17.1 Å². The third-order valence-corrected chi connectivity index (χ3v) is 6.36. The molecule has 0 spiro atoms. The molecule has 10 heteroatoms. The molecule has 1 N–H and O–H groups in total. The van der Waals surface area contributed by atoms with Gasteiger partial charge in [0.2, 0.25) is 11.8 Å². The van der Waals surface area contributed by atoms with E-state index in [2.05, 4.69) is 5.32 Å². The van der Waals surface area contributed by atoms with Crippen molar-refractivity contribution in [3.63, 3.8) is 0 Å². The molecule has 33 heavy (non-hydrogen) atoms. The largest absolute Gasteiger partial charge is 0.350 e. The van der Waals surface area contributed by atoms with E-state index in [-0.39, 0.29) is 48.2 Å². The standard InChI is InChI=1S/C23H18ClN3O5S/c24-17-7-2-1-4-14(17)13-18-22(31)26(23(32)33-18)11-10-25-21(30)15-5-3-6-16(12-15)27-19(28)8-9-20(27)29/h1-7,12-13H,8-11H2,(H,25,30).